The maximum atomic E-state index is 11.9. The van der Waals surface area contributed by atoms with Crippen LogP contribution in [-0.4, -0.2) is 59.3 Å². The Kier molecular flexibility index (Phi) is 5.27. The van der Waals surface area contributed by atoms with E-state index in [1.165, 1.54) is 6.07 Å². The van der Waals surface area contributed by atoms with E-state index in [4.69, 9.17) is 30.5 Å². The minimum atomic E-state index is -1.17. The van der Waals surface area contributed by atoms with Crippen molar-refractivity contribution in [3.05, 3.63) is 46.5 Å². The van der Waals surface area contributed by atoms with Gasteiger partial charge in [-0.25, -0.2) is 4.79 Å². The van der Waals surface area contributed by atoms with Crippen LogP contribution in [0.4, 0.5) is 0 Å². The molecule has 9 heteroatoms. The van der Waals surface area contributed by atoms with Gasteiger partial charge in [-0.2, -0.15) is 0 Å². The van der Waals surface area contributed by atoms with Gasteiger partial charge in [0.1, 0.15) is 0 Å². The molecule has 0 fully saturated rings. The van der Waals surface area contributed by atoms with Crippen molar-refractivity contribution in [2.75, 3.05) is 13.6 Å². The fourth-order valence-electron chi connectivity index (χ4n) is 3.66. The average Bonchev–Trinajstić information content (AvgIpc) is 3.34. The summed E-state index contributed by atoms with van der Waals surface area (Å²) in [5.41, 5.74) is 1.35. The number of aromatic carboxylic acids is 1. The van der Waals surface area contributed by atoms with E-state index in [9.17, 15) is 15.0 Å². The van der Waals surface area contributed by atoms with Crippen molar-refractivity contribution in [2.45, 2.75) is 6.61 Å². The van der Waals surface area contributed by atoms with Gasteiger partial charge in [0.2, 0.25) is 13.6 Å². The van der Waals surface area contributed by atoms with Gasteiger partial charge in [-0.05, 0) is 29.3 Å². The SMILES string of the molecule is O=C(O)c1cc2c(Cl)cc3c(c2c(-c2ccc4c(c2)OCO4)c1CO)OCO3.[NaH]. The first-order valence-electron chi connectivity index (χ1n) is 8.40. The normalized spacial score (nSPS) is 13.4. The molecule has 0 spiro atoms. The van der Waals surface area contributed by atoms with Gasteiger partial charge in [-0.15, -0.1) is 0 Å². The van der Waals surface area contributed by atoms with Crippen molar-refractivity contribution in [3.8, 4) is 34.1 Å². The van der Waals surface area contributed by atoms with E-state index >= 15 is 0 Å². The van der Waals surface area contributed by atoms with Crippen molar-refractivity contribution < 1.29 is 34.0 Å². The molecule has 29 heavy (non-hydrogen) atoms. The van der Waals surface area contributed by atoms with Crippen molar-refractivity contribution >= 4 is 57.9 Å². The molecule has 0 aliphatic carbocycles. The van der Waals surface area contributed by atoms with Gasteiger partial charge in [-0.1, -0.05) is 17.7 Å². The van der Waals surface area contributed by atoms with Crippen LogP contribution in [0.1, 0.15) is 15.9 Å². The summed E-state index contributed by atoms with van der Waals surface area (Å²) < 4.78 is 21.9. The Morgan fingerprint density at radius 1 is 1.00 bits per heavy atom. The van der Waals surface area contributed by atoms with Gasteiger partial charge in [0.15, 0.2) is 23.0 Å². The third-order valence-electron chi connectivity index (χ3n) is 4.87. The summed E-state index contributed by atoms with van der Waals surface area (Å²) in [5.74, 6) is 0.883. The molecule has 3 aromatic carbocycles. The molecule has 2 aliphatic rings. The van der Waals surface area contributed by atoms with Crippen molar-refractivity contribution in [2.24, 2.45) is 0 Å². The number of carboxylic acid groups (broad SMARTS) is 1. The average molecular weight is 425 g/mol. The zero-order chi connectivity index (χ0) is 19.4. The molecule has 0 amide bonds. The van der Waals surface area contributed by atoms with Crippen LogP contribution in [0, 0.1) is 0 Å². The summed E-state index contributed by atoms with van der Waals surface area (Å²) in [6, 6.07) is 8.30. The standard InChI is InChI=1S/C20H13ClO7.Na.H/c21-13-5-16-19(28-8-27-16)18-11(13)4-10(20(23)24)12(6-22)17(18)9-1-2-14-15(3-9)26-7-25-14;;/h1-5,22H,6-8H2,(H,23,24);;. The van der Waals surface area contributed by atoms with Crippen LogP contribution in [0.15, 0.2) is 30.3 Å². The predicted molar refractivity (Wildman–Crippen MR) is 107 cm³/mol. The number of ether oxygens (including phenoxy) is 4. The molecule has 0 aromatic heterocycles. The number of benzene rings is 3. The Morgan fingerprint density at radius 2 is 1.72 bits per heavy atom. The van der Waals surface area contributed by atoms with E-state index < -0.39 is 12.6 Å². The van der Waals surface area contributed by atoms with Gasteiger partial charge in [0.25, 0.3) is 0 Å². The van der Waals surface area contributed by atoms with Gasteiger partial charge in [-0.3, -0.25) is 0 Å². The Labute approximate surface area is 192 Å². The number of hydrogen-bond donors (Lipinski definition) is 2. The summed E-state index contributed by atoms with van der Waals surface area (Å²) in [5, 5.41) is 21.2. The predicted octanol–water partition coefficient (Wildman–Crippen LogP) is 3.16. The van der Waals surface area contributed by atoms with Crippen LogP contribution in [0.2, 0.25) is 5.02 Å². The van der Waals surface area contributed by atoms with Gasteiger partial charge in [0.05, 0.1) is 17.2 Å². The van der Waals surface area contributed by atoms with Crippen LogP contribution in [0.3, 0.4) is 0 Å². The number of aliphatic hydroxyl groups is 1. The van der Waals surface area contributed by atoms with E-state index in [2.05, 4.69) is 0 Å². The van der Waals surface area contributed by atoms with Crippen LogP contribution in [0.25, 0.3) is 21.9 Å². The number of carboxylic acids is 1. The third-order valence-corrected chi connectivity index (χ3v) is 5.18. The first-order valence-corrected chi connectivity index (χ1v) is 8.78. The van der Waals surface area contributed by atoms with Gasteiger partial charge in [0, 0.05) is 22.4 Å². The minimum absolute atomic E-state index is 0. The second-order valence-electron chi connectivity index (χ2n) is 6.32. The Hall–Kier alpha value is -2.16. The van der Waals surface area contributed by atoms with Crippen molar-refractivity contribution in [1.29, 1.82) is 0 Å². The molecule has 2 aliphatic heterocycles. The number of carbonyl (C=O) groups is 1. The van der Waals surface area contributed by atoms with Gasteiger partial charge < -0.3 is 29.2 Å². The fraction of sp³-hybridized carbons (Fsp3) is 0.150. The Morgan fingerprint density at radius 3 is 2.48 bits per heavy atom. The van der Waals surface area contributed by atoms with E-state index in [1.807, 2.05) is 0 Å². The van der Waals surface area contributed by atoms with Crippen LogP contribution >= 0.6 is 11.6 Å². The van der Waals surface area contributed by atoms with E-state index in [0.29, 0.717) is 49.9 Å². The van der Waals surface area contributed by atoms with E-state index in [1.54, 1.807) is 24.3 Å². The number of hydrogen-bond acceptors (Lipinski definition) is 6. The molecule has 144 valence electrons. The first kappa shape index (κ1) is 20.1. The second-order valence-corrected chi connectivity index (χ2v) is 6.73. The van der Waals surface area contributed by atoms with Gasteiger partial charge >= 0.3 is 35.5 Å². The Bertz CT molecular complexity index is 1160. The molecular formula is C20H14ClNaO7. The van der Waals surface area contributed by atoms with Crippen molar-refractivity contribution in [3.63, 3.8) is 0 Å². The molecule has 0 unspecified atom stereocenters. The summed E-state index contributed by atoms with van der Waals surface area (Å²) >= 11 is 6.43. The quantitative estimate of drug-likeness (QED) is 0.624. The topological polar surface area (TPSA) is 94.5 Å². The number of aliphatic hydroxyl groups excluding tert-OH is 1. The summed E-state index contributed by atoms with van der Waals surface area (Å²) in [6.07, 6.45) is 0. The summed E-state index contributed by atoms with van der Waals surface area (Å²) in [4.78, 5) is 11.9. The Balaban J connectivity index is 0.00000205. The van der Waals surface area contributed by atoms with Crippen LogP contribution < -0.4 is 18.9 Å². The van der Waals surface area contributed by atoms with E-state index in [0.717, 1.165) is 0 Å². The van der Waals surface area contributed by atoms with Crippen LogP contribution in [0.5, 0.6) is 23.0 Å². The molecule has 0 radical (unpaired) electrons. The van der Waals surface area contributed by atoms with E-state index in [-0.39, 0.29) is 54.3 Å². The maximum absolute atomic E-state index is 11.9. The second kappa shape index (κ2) is 7.59. The number of fused-ring (bicyclic) bond motifs is 4. The molecule has 7 nitrogen and oxygen atoms in total. The first-order chi connectivity index (χ1) is 13.6. The molecular weight excluding hydrogens is 411 g/mol. The monoisotopic (exact) mass is 424 g/mol. The molecule has 2 heterocycles. The molecule has 0 saturated heterocycles. The third kappa shape index (κ3) is 3.10. The molecule has 0 saturated carbocycles. The molecule has 5 rings (SSSR count). The zero-order valence-electron chi connectivity index (χ0n) is 14.3. The number of halogens is 1. The molecule has 2 N–H and O–H groups in total. The van der Waals surface area contributed by atoms with Crippen molar-refractivity contribution in [1.82, 2.24) is 0 Å². The fourth-order valence-corrected chi connectivity index (χ4v) is 3.91. The molecule has 0 bridgehead atoms. The molecule has 0 atom stereocenters. The summed E-state index contributed by atoms with van der Waals surface area (Å²) in [6.45, 7) is -0.344. The number of rotatable bonds is 3. The zero-order valence-corrected chi connectivity index (χ0v) is 15.1. The molecule has 3 aromatic rings. The summed E-state index contributed by atoms with van der Waals surface area (Å²) in [7, 11) is 0. The van der Waals surface area contributed by atoms with Crippen LogP contribution in [-0.2, 0) is 6.61 Å².